The first kappa shape index (κ1) is 14.3. The lowest BCUT2D eigenvalue weighted by molar-refractivity contribution is 0.101. The summed E-state index contributed by atoms with van der Waals surface area (Å²) in [5.41, 5.74) is 7.70. The molecule has 2 nitrogen and oxygen atoms in total. The second-order valence-corrected chi connectivity index (χ2v) is 6.44. The number of rotatable bonds is 3. The predicted molar refractivity (Wildman–Crippen MR) is 83.7 cm³/mol. The SMILES string of the molecule is Cc1cc(OC2CC(C)CC(C)C2)ccc1C(N)=S. The van der Waals surface area contributed by atoms with Crippen molar-refractivity contribution in [3.63, 3.8) is 0 Å². The van der Waals surface area contributed by atoms with Gasteiger partial charge in [0.05, 0.1) is 6.10 Å². The number of aryl methyl sites for hydroxylation is 1. The Balaban J connectivity index is 2.07. The number of hydrogen-bond donors (Lipinski definition) is 1. The van der Waals surface area contributed by atoms with Crippen molar-refractivity contribution < 1.29 is 4.74 Å². The number of thiocarbonyl (C=S) groups is 1. The molecule has 3 heteroatoms. The van der Waals surface area contributed by atoms with E-state index >= 15 is 0 Å². The largest absolute Gasteiger partial charge is 0.490 e. The van der Waals surface area contributed by atoms with E-state index in [1.165, 1.54) is 6.42 Å². The maximum atomic E-state index is 6.13. The molecule has 1 fully saturated rings. The van der Waals surface area contributed by atoms with Gasteiger partial charge in [-0.25, -0.2) is 0 Å². The molecule has 0 saturated heterocycles. The Labute approximate surface area is 121 Å². The molecular weight excluding hydrogens is 254 g/mol. The fraction of sp³-hybridized carbons (Fsp3) is 0.562. The lowest BCUT2D eigenvalue weighted by Gasteiger charge is -2.31. The molecule has 0 aliphatic heterocycles. The molecule has 0 spiro atoms. The van der Waals surface area contributed by atoms with E-state index in [1.807, 2.05) is 25.1 Å². The summed E-state index contributed by atoms with van der Waals surface area (Å²) in [7, 11) is 0. The standard InChI is InChI=1S/C16H23NOS/c1-10-6-11(2)8-14(7-10)18-13-4-5-15(16(17)19)12(3)9-13/h4-5,9-11,14H,6-8H2,1-3H3,(H2,17,19). The van der Waals surface area contributed by atoms with Crippen LogP contribution in [0.25, 0.3) is 0 Å². The molecule has 0 amide bonds. The van der Waals surface area contributed by atoms with E-state index < -0.39 is 0 Å². The summed E-state index contributed by atoms with van der Waals surface area (Å²) in [6, 6.07) is 5.98. The minimum atomic E-state index is 0.342. The van der Waals surface area contributed by atoms with Crippen LogP contribution in [0.1, 0.15) is 44.2 Å². The Bertz CT molecular complexity index is 462. The van der Waals surface area contributed by atoms with Crippen LogP contribution >= 0.6 is 12.2 Å². The summed E-state index contributed by atoms with van der Waals surface area (Å²) in [5, 5.41) is 0. The van der Waals surface area contributed by atoms with Gasteiger partial charge >= 0.3 is 0 Å². The molecule has 1 aromatic carbocycles. The monoisotopic (exact) mass is 277 g/mol. The summed E-state index contributed by atoms with van der Waals surface area (Å²) in [4.78, 5) is 0.448. The van der Waals surface area contributed by atoms with Crippen LogP contribution in [-0.4, -0.2) is 11.1 Å². The lowest BCUT2D eigenvalue weighted by Crippen LogP contribution is -2.28. The highest BCUT2D eigenvalue weighted by Crippen LogP contribution is 2.31. The first-order valence-corrected chi connectivity index (χ1v) is 7.43. The number of benzene rings is 1. The molecule has 2 rings (SSSR count). The minimum absolute atomic E-state index is 0.342. The Hall–Kier alpha value is -1.09. The summed E-state index contributed by atoms with van der Waals surface area (Å²) < 4.78 is 6.13. The van der Waals surface area contributed by atoms with Crippen LogP contribution in [0, 0.1) is 18.8 Å². The molecule has 0 bridgehead atoms. The molecule has 1 aromatic rings. The zero-order valence-corrected chi connectivity index (χ0v) is 12.8. The molecule has 0 heterocycles. The number of hydrogen-bond acceptors (Lipinski definition) is 2. The Kier molecular flexibility index (Phi) is 4.46. The third kappa shape index (κ3) is 3.69. The lowest BCUT2D eigenvalue weighted by atomic mass is 9.82. The average molecular weight is 277 g/mol. The fourth-order valence-electron chi connectivity index (χ4n) is 3.15. The minimum Gasteiger partial charge on any atom is -0.490 e. The van der Waals surface area contributed by atoms with Crippen LogP contribution < -0.4 is 10.5 Å². The van der Waals surface area contributed by atoms with Crippen LogP contribution in [0.15, 0.2) is 18.2 Å². The smallest absolute Gasteiger partial charge is 0.120 e. The van der Waals surface area contributed by atoms with Gasteiger partial charge in [-0.2, -0.15) is 0 Å². The third-order valence-electron chi connectivity index (χ3n) is 3.90. The molecule has 2 N–H and O–H groups in total. The second kappa shape index (κ2) is 5.91. The van der Waals surface area contributed by atoms with Gasteiger partial charge < -0.3 is 10.5 Å². The van der Waals surface area contributed by atoms with Gasteiger partial charge in [0.15, 0.2) is 0 Å². The van der Waals surface area contributed by atoms with Crippen molar-refractivity contribution in [1.29, 1.82) is 0 Å². The van der Waals surface area contributed by atoms with Crippen LogP contribution in [0.5, 0.6) is 5.75 Å². The summed E-state index contributed by atoms with van der Waals surface area (Å²) >= 11 is 5.02. The van der Waals surface area contributed by atoms with E-state index in [-0.39, 0.29) is 0 Å². The maximum Gasteiger partial charge on any atom is 0.120 e. The van der Waals surface area contributed by atoms with Crippen LogP contribution in [0.2, 0.25) is 0 Å². The number of nitrogens with two attached hydrogens (primary N) is 1. The van der Waals surface area contributed by atoms with Gasteiger partial charge in [0.1, 0.15) is 10.7 Å². The van der Waals surface area contributed by atoms with E-state index in [0.29, 0.717) is 11.1 Å². The second-order valence-electron chi connectivity index (χ2n) is 6.00. The van der Waals surface area contributed by atoms with Crippen molar-refractivity contribution in [3.05, 3.63) is 29.3 Å². The third-order valence-corrected chi connectivity index (χ3v) is 4.12. The van der Waals surface area contributed by atoms with Crippen molar-refractivity contribution in [1.82, 2.24) is 0 Å². The number of ether oxygens (including phenoxy) is 1. The molecule has 104 valence electrons. The zero-order chi connectivity index (χ0) is 14.0. The molecule has 19 heavy (non-hydrogen) atoms. The van der Waals surface area contributed by atoms with Crippen LogP contribution in [-0.2, 0) is 0 Å². The molecule has 2 unspecified atom stereocenters. The van der Waals surface area contributed by atoms with Crippen molar-refractivity contribution in [2.45, 2.75) is 46.1 Å². The van der Waals surface area contributed by atoms with Gasteiger partial charge in [-0.15, -0.1) is 0 Å². The van der Waals surface area contributed by atoms with Crippen molar-refractivity contribution in [2.75, 3.05) is 0 Å². The van der Waals surface area contributed by atoms with Crippen molar-refractivity contribution in [3.8, 4) is 5.75 Å². The van der Waals surface area contributed by atoms with E-state index in [4.69, 9.17) is 22.7 Å². The van der Waals surface area contributed by atoms with Gasteiger partial charge in [0.25, 0.3) is 0 Å². The fourth-order valence-corrected chi connectivity index (χ4v) is 3.38. The Morgan fingerprint density at radius 3 is 2.37 bits per heavy atom. The van der Waals surface area contributed by atoms with Crippen molar-refractivity contribution >= 4 is 17.2 Å². The molecule has 1 aliphatic rings. The molecule has 2 atom stereocenters. The zero-order valence-electron chi connectivity index (χ0n) is 12.0. The molecule has 0 aromatic heterocycles. The highest BCUT2D eigenvalue weighted by Gasteiger charge is 2.25. The van der Waals surface area contributed by atoms with E-state index in [9.17, 15) is 0 Å². The first-order valence-electron chi connectivity index (χ1n) is 7.02. The Morgan fingerprint density at radius 1 is 1.21 bits per heavy atom. The quantitative estimate of drug-likeness (QED) is 0.853. The normalized spacial score (nSPS) is 27.0. The highest BCUT2D eigenvalue weighted by molar-refractivity contribution is 7.80. The molecule has 1 saturated carbocycles. The van der Waals surface area contributed by atoms with Crippen LogP contribution in [0.3, 0.4) is 0 Å². The molecule has 1 aliphatic carbocycles. The average Bonchev–Trinajstić information content (AvgIpc) is 2.26. The molecule has 0 radical (unpaired) electrons. The van der Waals surface area contributed by atoms with Crippen LogP contribution in [0.4, 0.5) is 0 Å². The first-order chi connectivity index (χ1) is 8.95. The van der Waals surface area contributed by atoms with Crippen molar-refractivity contribution in [2.24, 2.45) is 17.6 Å². The summed E-state index contributed by atoms with van der Waals surface area (Å²) in [6.45, 7) is 6.65. The van der Waals surface area contributed by atoms with Gasteiger partial charge in [-0.3, -0.25) is 0 Å². The Morgan fingerprint density at radius 2 is 1.84 bits per heavy atom. The van der Waals surface area contributed by atoms with Gasteiger partial charge in [-0.1, -0.05) is 26.1 Å². The summed E-state index contributed by atoms with van der Waals surface area (Å²) in [5.74, 6) is 2.44. The van der Waals surface area contributed by atoms with Gasteiger partial charge in [0, 0.05) is 5.56 Å². The van der Waals surface area contributed by atoms with E-state index in [1.54, 1.807) is 0 Å². The van der Waals surface area contributed by atoms with Gasteiger partial charge in [0.2, 0.25) is 0 Å². The maximum absolute atomic E-state index is 6.13. The van der Waals surface area contributed by atoms with E-state index in [2.05, 4.69) is 13.8 Å². The predicted octanol–water partition coefficient (Wildman–Crippen LogP) is 3.83. The highest BCUT2D eigenvalue weighted by atomic mass is 32.1. The topological polar surface area (TPSA) is 35.2 Å². The molecular formula is C16H23NOS. The van der Waals surface area contributed by atoms with E-state index in [0.717, 1.165) is 41.6 Å². The van der Waals surface area contributed by atoms with Gasteiger partial charge in [-0.05, 0) is 61.8 Å². The summed E-state index contributed by atoms with van der Waals surface area (Å²) in [6.07, 6.45) is 3.97.